The second-order valence-electron chi connectivity index (χ2n) is 5.23. The molecule has 0 aromatic carbocycles. The molecular formula is C13H24N2O4. The van der Waals surface area contributed by atoms with Crippen molar-refractivity contribution in [2.24, 2.45) is 5.92 Å². The molecule has 19 heavy (non-hydrogen) atoms. The summed E-state index contributed by atoms with van der Waals surface area (Å²) in [5, 5.41) is 13.9. The van der Waals surface area contributed by atoms with E-state index < -0.39 is 5.97 Å². The fourth-order valence-electron chi connectivity index (χ4n) is 2.45. The SMILES string of the molecule is CC1CC(CNC(=O)NCCCC(=O)O)CC(C)O1. The molecule has 0 spiro atoms. The number of carboxylic acids is 1. The Labute approximate surface area is 113 Å². The number of carboxylic acid groups (broad SMARTS) is 1. The quantitative estimate of drug-likeness (QED) is 0.637. The summed E-state index contributed by atoms with van der Waals surface area (Å²) in [5.74, 6) is -0.393. The van der Waals surface area contributed by atoms with Gasteiger partial charge in [-0.05, 0) is 39.0 Å². The smallest absolute Gasteiger partial charge is 0.314 e. The van der Waals surface area contributed by atoms with Crippen molar-refractivity contribution in [3.8, 4) is 0 Å². The molecule has 0 saturated carbocycles. The first-order valence-electron chi connectivity index (χ1n) is 6.86. The zero-order valence-electron chi connectivity index (χ0n) is 11.6. The first-order chi connectivity index (χ1) is 8.97. The van der Waals surface area contributed by atoms with Crippen LogP contribution in [0.1, 0.15) is 39.5 Å². The van der Waals surface area contributed by atoms with Crippen molar-refractivity contribution in [2.75, 3.05) is 13.1 Å². The van der Waals surface area contributed by atoms with Gasteiger partial charge in [-0.3, -0.25) is 4.79 Å². The predicted octanol–water partition coefficient (Wildman–Crippen LogP) is 1.35. The third kappa shape index (κ3) is 7.00. The molecule has 2 unspecified atom stereocenters. The summed E-state index contributed by atoms with van der Waals surface area (Å²) >= 11 is 0. The second-order valence-corrected chi connectivity index (χ2v) is 5.23. The van der Waals surface area contributed by atoms with Gasteiger partial charge in [0.05, 0.1) is 12.2 Å². The Kier molecular flexibility index (Phi) is 6.62. The van der Waals surface area contributed by atoms with Gasteiger partial charge in [-0.15, -0.1) is 0 Å². The molecule has 2 atom stereocenters. The molecular weight excluding hydrogens is 248 g/mol. The molecule has 6 nitrogen and oxygen atoms in total. The Morgan fingerprint density at radius 2 is 1.84 bits per heavy atom. The lowest BCUT2D eigenvalue weighted by Gasteiger charge is -2.32. The van der Waals surface area contributed by atoms with E-state index in [1.54, 1.807) is 0 Å². The number of carbonyl (C=O) groups excluding carboxylic acids is 1. The highest BCUT2D eigenvalue weighted by molar-refractivity contribution is 5.73. The van der Waals surface area contributed by atoms with Crippen molar-refractivity contribution in [3.63, 3.8) is 0 Å². The van der Waals surface area contributed by atoms with Crippen LogP contribution in [0.25, 0.3) is 0 Å². The topological polar surface area (TPSA) is 87.7 Å². The molecule has 2 amide bonds. The monoisotopic (exact) mass is 272 g/mol. The van der Waals surface area contributed by atoms with Crippen molar-refractivity contribution in [3.05, 3.63) is 0 Å². The average Bonchev–Trinajstić information content (AvgIpc) is 2.31. The summed E-state index contributed by atoms with van der Waals surface area (Å²) < 4.78 is 5.64. The van der Waals surface area contributed by atoms with Crippen LogP contribution in [0.2, 0.25) is 0 Å². The molecule has 3 N–H and O–H groups in total. The van der Waals surface area contributed by atoms with Gasteiger partial charge in [0.1, 0.15) is 0 Å². The van der Waals surface area contributed by atoms with Gasteiger partial charge in [-0.2, -0.15) is 0 Å². The number of nitrogens with one attached hydrogen (secondary N) is 2. The molecule has 0 radical (unpaired) electrons. The van der Waals surface area contributed by atoms with Gasteiger partial charge in [-0.25, -0.2) is 4.79 Å². The molecule has 6 heteroatoms. The highest BCUT2D eigenvalue weighted by Gasteiger charge is 2.24. The Bertz CT molecular complexity index is 299. The number of hydrogen-bond acceptors (Lipinski definition) is 3. The van der Waals surface area contributed by atoms with Crippen LogP contribution < -0.4 is 10.6 Å². The van der Waals surface area contributed by atoms with E-state index in [9.17, 15) is 9.59 Å². The van der Waals surface area contributed by atoms with Crippen LogP contribution in [0, 0.1) is 5.92 Å². The van der Waals surface area contributed by atoms with Crippen molar-refractivity contribution >= 4 is 12.0 Å². The van der Waals surface area contributed by atoms with E-state index in [1.165, 1.54) is 0 Å². The zero-order chi connectivity index (χ0) is 14.3. The van der Waals surface area contributed by atoms with E-state index in [0.29, 0.717) is 25.4 Å². The molecule has 0 aliphatic carbocycles. The summed E-state index contributed by atoms with van der Waals surface area (Å²) in [6, 6.07) is -0.225. The number of urea groups is 1. The lowest BCUT2D eigenvalue weighted by Crippen LogP contribution is -2.41. The molecule has 110 valence electrons. The Hall–Kier alpha value is -1.30. The maximum absolute atomic E-state index is 11.5. The van der Waals surface area contributed by atoms with Crippen LogP contribution in [0.15, 0.2) is 0 Å². The lowest BCUT2D eigenvalue weighted by atomic mass is 9.92. The van der Waals surface area contributed by atoms with Crippen LogP contribution in [-0.2, 0) is 9.53 Å². The molecule has 1 aliphatic rings. The van der Waals surface area contributed by atoms with Crippen molar-refractivity contribution in [1.82, 2.24) is 10.6 Å². The molecule has 1 aliphatic heterocycles. The van der Waals surface area contributed by atoms with Crippen LogP contribution in [0.4, 0.5) is 4.79 Å². The molecule has 0 bridgehead atoms. The number of carbonyl (C=O) groups is 2. The van der Waals surface area contributed by atoms with E-state index in [1.807, 2.05) is 0 Å². The molecule has 0 aromatic rings. The first kappa shape index (κ1) is 15.8. The third-order valence-corrected chi connectivity index (χ3v) is 3.20. The Morgan fingerprint density at radius 3 is 2.42 bits per heavy atom. The van der Waals surface area contributed by atoms with Gasteiger partial charge in [0.15, 0.2) is 0 Å². The number of aliphatic carboxylic acids is 1. The number of amides is 2. The van der Waals surface area contributed by atoms with Gasteiger partial charge >= 0.3 is 12.0 Å². The highest BCUT2D eigenvalue weighted by Crippen LogP contribution is 2.23. The second kappa shape index (κ2) is 7.99. The number of ether oxygens (including phenoxy) is 1. The largest absolute Gasteiger partial charge is 0.481 e. The zero-order valence-corrected chi connectivity index (χ0v) is 11.6. The first-order valence-corrected chi connectivity index (χ1v) is 6.86. The van der Waals surface area contributed by atoms with E-state index in [4.69, 9.17) is 9.84 Å². The maximum atomic E-state index is 11.5. The van der Waals surface area contributed by atoms with Gasteiger partial charge in [0.2, 0.25) is 0 Å². The molecule has 1 rings (SSSR count). The van der Waals surface area contributed by atoms with Crippen molar-refractivity contribution < 1.29 is 19.4 Å². The third-order valence-electron chi connectivity index (χ3n) is 3.20. The van der Waals surface area contributed by atoms with E-state index >= 15 is 0 Å². The summed E-state index contributed by atoms with van der Waals surface area (Å²) in [5.41, 5.74) is 0. The minimum atomic E-state index is -0.840. The van der Waals surface area contributed by atoms with Crippen LogP contribution in [0.5, 0.6) is 0 Å². The molecule has 1 fully saturated rings. The van der Waals surface area contributed by atoms with Gasteiger partial charge in [-0.1, -0.05) is 0 Å². The fourth-order valence-corrected chi connectivity index (χ4v) is 2.45. The summed E-state index contributed by atoms with van der Waals surface area (Å²) in [6.45, 7) is 5.13. The van der Waals surface area contributed by atoms with Crippen LogP contribution in [-0.4, -0.2) is 42.4 Å². The van der Waals surface area contributed by atoms with Crippen LogP contribution in [0.3, 0.4) is 0 Å². The minimum Gasteiger partial charge on any atom is -0.481 e. The molecule has 1 saturated heterocycles. The maximum Gasteiger partial charge on any atom is 0.314 e. The van der Waals surface area contributed by atoms with E-state index in [2.05, 4.69) is 24.5 Å². The fraction of sp³-hybridized carbons (Fsp3) is 0.846. The predicted molar refractivity (Wildman–Crippen MR) is 71.0 cm³/mol. The minimum absolute atomic E-state index is 0.0786. The van der Waals surface area contributed by atoms with E-state index in [0.717, 1.165) is 12.8 Å². The summed E-state index contributed by atoms with van der Waals surface area (Å²) in [4.78, 5) is 21.8. The molecule has 0 aromatic heterocycles. The van der Waals surface area contributed by atoms with Gasteiger partial charge in [0, 0.05) is 19.5 Å². The number of hydrogen-bond donors (Lipinski definition) is 3. The summed E-state index contributed by atoms with van der Waals surface area (Å²) in [7, 11) is 0. The highest BCUT2D eigenvalue weighted by atomic mass is 16.5. The standard InChI is InChI=1S/C13H24N2O4/c1-9-6-11(7-10(2)19-9)8-15-13(18)14-5-3-4-12(16)17/h9-11H,3-8H2,1-2H3,(H,16,17)(H2,14,15,18). The van der Waals surface area contributed by atoms with E-state index in [-0.39, 0.29) is 24.7 Å². The number of rotatable bonds is 6. The van der Waals surface area contributed by atoms with Crippen molar-refractivity contribution in [1.29, 1.82) is 0 Å². The van der Waals surface area contributed by atoms with Crippen LogP contribution >= 0.6 is 0 Å². The molecule has 1 heterocycles. The van der Waals surface area contributed by atoms with Crippen molar-refractivity contribution in [2.45, 2.75) is 51.7 Å². The van der Waals surface area contributed by atoms with Gasteiger partial charge < -0.3 is 20.5 Å². The summed E-state index contributed by atoms with van der Waals surface area (Å²) in [6.07, 6.45) is 2.94. The Balaban J connectivity index is 2.10. The normalized spacial score (nSPS) is 26.7. The van der Waals surface area contributed by atoms with Gasteiger partial charge in [0.25, 0.3) is 0 Å². The average molecular weight is 272 g/mol. The lowest BCUT2D eigenvalue weighted by molar-refractivity contribution is -0.137. The Morgan fingerprint density at radius 1 is 1.21 bits per heavy atom.